The van der Waals surface area contributed by atoms with E-state index in [-0.39, 0.29) is 31.2 Å². The number of nitrogens with zero attached hydrogens (tertiary/aromatic N) is 2. The predicted molar refractivity (Wildman–Crippen MR) is 136 cm³/mol. The first-order chi connectivity index (χ1) is 17.9. The number of fused-ring (bicyclic) bond motifs is 1. The summed E-state index contributed by atoms with van der Waals surface area (Å²) in [4.78, 5) is 44.1. The number of carbonyl (C=O) groups excluding carboxylic acids is 2. The van der Waals surface area contributed by atoms with Gasteiger partial charge in [-0.25, -0.2) is 4.79 Å². The second kappa shape index (κ2) is 11.7. The molecule has 0 saturated carbocycles. The van der Waals surface area contributed by atoms with Gasteiger partial charge in [-0.3, -0.25) is 9.78 Å². The zero-order valence-electron chi connectivity index (χ0n) is 19.7. The van der Waals surface area contributed by atoms with E-state index in [9.17, 15) is 19.7 Å². The van der Waals surface area contributed by atoms with E-state index < -0.39 is 17.0 Å². The molecule has 1 unspecified atom stereocenters. The average Bonchev–Trinajstić information content (AvgIpc) is 2.91. The van der Waals surface area contributed by atoms with Gasteiger partial charge in [0.2, 0.25) is 5.91 Å². The first-order valence-corrected chi connectivity index (χ1v) is 11.4. The van der Waals surface area contributed by atoms with Crippen LogP contribution in [0.25, 0.3) is 10.8 Å². The molecule has 188 valence electrons. The van der Waals surface area contributed by atoms with E-state index in [4.69, 9.17) is 10.5 Å². The maximum absolute atomic E-state index is 12.9. The molecule has 4 aromatic rings. The summed E-state index contributed by atoms with van der Waals surface area (Å²) in [5.74, 6) is -1.36. The number of nitrogens with two attached hydrogens (primary N) is 1. The van der Waals surface area contributed by atoms with Crippen LogP contribution >= 0.6 is 0 Å². The molecule has 0 fully saturated rings. The molecule has 1 heterocycles. The van der Waals surface area contributed by atoms with Gasteiger partial charge in [0, 0.05) is 30.0 Å². The fourth-order valence-electron chi connectivity index (χ4n) is 3.78. The Kier molecular flexibility index (Phi) is 8.01. The van der Waals surface area contributed by atoms with E-state index >= 15 is 0 Å². The minimum Gasteiger partial charge on any atom is -0.457 e. The van der Waals surface area contributed by atoms with Crippen LogP contribution in [0, 0.1) is 10.1 Å². The summed E-state index contributed by atoms with van der Waals surface area (Å²) in [6, 6.07) is 20.8. The maximum atomic E-state index is 12.9. The number of benzene rings is 3. The summed E-state index contributed by atoms with van der Waals surface area (Å²) in [6.07, 6.45) is 3.45. The largest absolute Gasteiger partial charge is 0.457 e. The van der Waals surface area contributed by atoms with Crippen molar-refractivity contribution in [3.63, 3.8) is 0 Å². The van der Waals surface area contributed by atoms with Crippen LogP contribution in [0.5, 0.6) is 0 Å². The number of hydrogen-bond acceptors (Lipinski definition) is 8. The summed E-state index contributed by atoms with van der Waals surface area (Å²) < 4.78 is 5.36. The van der Waals surface area contributed by atoms with Crippen LogP contribution in [0.3, 0.4) is 0 Å². The smallest absolute Gasteiger partial charge is 0.338 e. The molecule has 0 radical (unpaired) electrons. The Morgan fingerprint density at radius 1 is 0.973 bits per heavy atom. The number of esters is 1. The number of rotatable bonds is 10. The number of hydrogen-bond donors (Lipinski definition) is 2. The second-order valence-corrected chi connectivity index (χ2v) is 8.23. The van der Waals surface area contributed by atoms with Crippen molar-refractivity contribution < 1.29 is 24.3 Å². The molecule has 0 aliphatic carbocycles. The standard InChI is InChI=1S/C27H24N4O6/c28-14-25(26(32)30-24-9-8-23-15-29-11-10-21(23)13-24)20-6-4-18(5-7-20)16-36-27(33)22-3-1-2-19(12-22)17-37-31(34)35/h1-13,15,25H,14,16-17,28H2,(H,30,32). The van der Waals surface area contributed by atoms with Gasteiger partial charge in [0.05, 0.1) is 11.5 Å². The predicted octanol–water partition coefficient (Wildman–Crippen LogP) is 3.98. The molecule has 37 heavy (non-hydrogen) atoms. The highest BCUT2D eigenvalue weighted by atomic mass is 16.9. The highest BCUT2D eigenvalue weighted by Gasteiger charge is 2.19. The topological polar surface area (TPSA) is 147 Å². The molecule has 0 aliphatic rings. The summed E-state index contributed by atoms with van der Waals surface area (Å²) >= 11 is 0. The zero-order chi connectivity index (χ0) is 26.2. The van der Waals surface area contributed by atoms with E-state index in [0.717, 1.165) is 21.9 Å². The second-order valence-electron chi connectivity index (χ2n) is 8.23. The first kappa shape index (κ1) is 25.3. The number of amides is 1. The van der Waals surface area contributed by atoms with E-state index in [0.29, 0.717) is 11.3 Å². The van der Waals surface area contributed by atoms with Crippen molar-refractivity contribution in [2.24, 2.45) is 5.73 Å². The van der Waals surface area contributed by atoms with Crippen molar-refractivity contribution in [1.82, 2.24) is 4.98 Å². The number of nitrogens with one attached hydrogen (secondary N) is 1. The maximum Gasteiger partial charge on any atom is 0.338 e. The van der Waals surface area contributed by atoms with Crippen LogP contribution in [-0.4, -0.2) is 28.5 Å². The third-order valence-corrected chi connectivity index (χ3v) is 5.71. The molecule has 1 atom stereocenters. The van der Waals surface area contributed by atoms with Gasteiger partial charge in [0.1, 0.15) is 13.2 Å². The lowest BCUT2D eigenvalue weighted by Crippen LogP contribution is -2.27. The Labute approximate surface area is 212 Å². The van der Waals surface area contributed by atoms with Gasteiger partial charge in [-0.1, -0.05) is 42.5 Å². The molecule has 10 nitrogen and oxygen atoms in total. The molecule has 0 spiro atoms. The molecule has 0 saturated heterocycles. The van der Waals surface area contributed by atoms with Gasteiger partial charge in [0.15, 0.2) is 0 Å². The van der Waals surface area contributed by atoms with Crippen molar-refractivity contribution in [2.45, 2.75) is 19.1 Å². The van der Waals surface area contributed by atoms with E-state index in [2.05, 4.69) is 15.1 Å². The summed E-state index contributed by atoms with van der Waals surface area (Å²) in [6.45, 7) is -0.127. The van der Waals surface area contributed by atoms with Gasteiger partial charge in [-0.15, -0.1) is 10.1 Å². The quantitative estimate of drug-likeness (QED) is 0.189. The highest BCUT2D eigenvalue weighted by molar-refractivity contribution is 5.98. The van der Waals surface area contributed by atoms with Gasteiger partial charge in [0.25, 0.3) is 5.09 Å². The zero-order valence-corrected chi connectivity index (χ0v) is 19.7. The lowest BCUT2D eigenvalue weighted by atomic mass is 9.97. The first-order valence-electron chi connectivity index (χ1n) is 11.4. The fourth-order valence-corrected chi connectivity index (χ4v) is 3.78. The Bertz CT molecular complexity index is 1420. The summed E-state index contributed by atoms with van der Waals surface area (Å²) in [7, 11) is 0. The summed E-state index contributed by atoms with van der Waals surface area (Å²) in [5, 5.41) is 14.3. The third kappa shape index (κ3) is 6.65. The Hall–Kier alpha value is -4.83. The molecule has 1 aromatic heterocycles. The van der Waals surface area contributed by atoms with Crippen molar-refractivity contribution in [3.05, 3.63) is 118 Å². The number of carbonyl (C=O) groups is 2. The summed E-state index contributed by atoms with van der Waals surface area (Å²) in [5.41, 5.74) is 8.77. The Morgan fingerprint density at radius 2 is 1.78 bits per heavy atom. The van der Waals surface area contributed by atoms with Crippen LogP contribution < -0.4 is 11.1 Å². The van der Waals surface area contributed by atoms with Crippen molar-refractivity contribution in [2.75, 3.05) is 11.9 Å². The Morgan fingerprint density at radius 3 is 2.54 bits per heavy atom. The fraction of sp³-hybridized carbons (Fsp3) is 0.148. The van der Waals surface area contributed by atoms with Crippen LogP contribution in [-0.2, 0) is 27.6 Å². The number of aromatic nitrogens is 1. The lowest BCUT2D eigenvalue weighted by molar-refractivity contribution is -0.763. The third-order valence-electron chi connectivity index (χ3n) is 5.71. The van der Waals surface area contributed by atoms with E-state index in [1.807, 2.05) is 24.3 Å². The molecule has 10 heteroatoms. The van der Waals surface area contributed by atoms with Crippen molar-refractivity contribution >= 4 is 28.3 Å². The molecule has 3 aromatic carbocycles. The SMILES string of the molecule is NCC(C(=O)Nc1ccc2cnccc2c1)c1ccc(COC(=O)c2cccc(CO[N+](=O)[O-])c2)cc1. The number of anilines is 1. The van der Waals surface area contributed by atoms with Gasteiger partial charge in [-0.05, 0) is 52.4 Å². The van der Waals surface area contributed by atoms with Crippen LogP contribution in [0.2, 0.25) is 0 Å². The molecule has 1 amide bonds. The lowest BCUT2D eigenvalue weighted by Gasteiger charge is -2.16. The minimum absolute atomic E-state index is 0.0141. The minimum atomic E-state index is -0.894. The number of ether oxygens (including phenoxy) is 1. The molecular formula is C27H24N4O6. The number of pyridine rings is 1. The normalized spacial score (nSPS) is 11.5. The van der Waals surface area contributed by atoms with Crippen LogP contribution in [0.15, 0.2) is 85.2 Å². The van der Waals surface area contributed by atoms with Crippen LogP contribution in [0.4, 0.5) is 5.69 Å². The molecule has 0 bridgehead atoms. The molecule has 4 rings (SSSR count). The van der Waals surface area contributed by atoms with Gasteiger partial charge < -0.3 is 20.6 Å². The highest BCUT2D eigenvalue weighted by Crippen LogP contribution is 2.22. The molecule has 0 aliphatic heterocycles. The Balaban J connectivity index is 1.35. The molecular weight excluding hydrogens is 476 g/mol. The average molecular weight is 501 g/mol. The van der Waals surface area contributed by atoms with Gasteiger partial charge in [-0.2, -0.15) is 0 Å². The van der Waals surface area contributed by atoms with E-state index in [1.165, 1.54) is 6.07 Å². The molecule has 3 N–H and O–H groups in total. The van der Waals surface area contributed by atoms with Crippen molar-refractivity contribution in [3.8, 4) is 0 Å². The monoisotopic (exact) mass is 500 g/mol. The van der Waals surface area contributed by atoms with E-state index in [1.54, 1.807) is 54.9 Å². The van der Waals surface area contributed by atoms with Crippen molar-refractivity contribution in [1.29, 1.82) is 0 Å². The van der Waals surface area contributed by atoms with Gasteiger partial charge >= 0.3 is 5.97 Å². The van der Waals surface area contributed by atoms with Crippen LogP contribution in [0.1, 0.15) is 33.0 Å².